The molecule has 0 spiro atoms. The van der Waals surface area contributed by atoms with Crippen molar-refractivity contribution in [1.82, 2.24) is 14.8 Å². The number of nitrogens with zero attached hydrogens (tertiary/aromatic N) is 3. The molecule has 0 unspecified atom stereocenters. The smallest absolute Gasteiger partial charge is 0.308 e. The molecule has 1 aromatic carbocycles. The molecule has 3 aromatic rings. The van der Waals surface area contributed by atoms with Gasteiger partial charge in [-0.15, -0.1) is 0 Å². The molecule has 24 heavy (non-hydrogen) atoms. The van der Waals surface area contributed by atoms with Gasteiger partial charge in [-0.05, 0) is 43.2 Å². The maximum Gasteiger partial charge on any atom is 0.324 e. The van der Waals surface area contributed by atoms with Gasteiger partial charge in [0.15, 0.2) is 5.82 Å². The summed E-state index contributed by atoms with van der Waals surface area (Å²) in [5, 5.41) is 9.86. The van der Waals surface area contributed by atoms with Crippen LogP contribution in [0, 0.1) is 6.92 Å². The molecule has 0 aliphatic carbocycles. The van der Waals surface area contributed by atoms with Gasteiger partial charge in [0.05, 0.1) is 0 Å². The Labute approximate surface area is 140 Å². The van der Waals surface area contributed by atoms with E-state index in [1.165, 1.54) is 5.56 Å². The van der Waals surface area contributed by atoms with E-state index in [2.05, 4.69) is 20.7 Å². The van der Waals surface area contributed by atoms with E-state index in [0.29, 0.717) is 5.82 Å². The highest BCUT2D eigenvalue weighted by molar-refractivity contribution is 5.99. The molecule has 0 atom stereocenters. The second kappa shape index (κ2) is 7.41. The van der Waals surface area contributed by atoms with Crippen LogP contribution in [0.25, 0.3) is 0 Å². The van der Waals surface area contributed by atoms with Crippen LogP contribution in [-0.4, -0.2) is 20.8 Å². The lowest BCUT2D eigenvalue weighted by molar-refractivity contribution is 0.262. The van der Waals surface area contributed by atoms with Crippen molar-refractivity contribution in [3.05, 3.63) is 72.2 Å². The minimum atomic E-state index is -0.307. The van der Waals surface area contributed by atoms with Crippen LogP contribution in [0.15, 0.2) is 61.1 Å². The van der Waals surface area contributed by atoms with Gasteiger partial charge in [0.2, 0.25) is 0 Å². The van der Waals surface area contributed by atoms with Crippen molar-refractivity contribution in [3.63, 3.8) is 0 Å². The van der Waals surface area contributed by atoms with Gasteiger partial charge in [0.1, 0.15) is 0 Å². The van der Waals surface area contributed by atoms with Crippen LogP contribution in [0.2, 0.25) is 0 Å². The van der Waals surface area contributed by atoms with E-state index < -0.39 is 0 Å². The summed E-state index contributed by atoms with van der Waals surface area (Å²) >= 11 is 0. The Morgan fingerprint density at radius 1 is 1.04 bits per heavy atom. The fourth-order valence-corrected chi connectivity index (χ4v) is 2.26. The third-order valence-electron chi connectivity index (χ3n) is 3.57. The first-order valence-corrected chi connectivity index (χ1v) is 7.76. The highest BCUT2D eigenvalue weighted by atomic mass is 16.2. The summed E-state index contributed by atoms with van der Waals surface area (Å²) in [6, 6.07) is 13.1. The molecule has 0 aliphatic heterocycles. The fourth-order valence-electron chi connectivity index (χ4n) is 2.26. The zero-order valence-corrected chi connectivity index (χ0v) is 13.4. The van der Waals surface area contributed by atoms with Gasteiger partial charge in [-0.3, -0.25) is 15.0 Å². The highest BCUT2D eigenvalue weighted by Gasteiger charge is 2.05. The second-order valence-electron chi connectivity index (χ2n) is 5.51. The minimum absolute atomic E-state index is 0.307. The largest absolute Gasteiger partial charge is 0.324 e. The third-order valence-corrected chi connectivity index (χ3v) is 3.57. The lowest BCUT2D eigenvalue weighted by Crippen LogP contribution is -2.19. The predicted octanol–water partition coefficient (Wildman–Crippen LogP) is 3.47. The van der Waals surface area contributed by atoms with Crippen LogP contribution < -0.4 is 10.6 Å². The van der Waals surface area contributed by atoms with Crippen LogP contribution in [0.5, 0.6) is 0 Å². The van der Waals surface area contributed by atoms with Gasteiger partial charge >= 0.3 is 6.03 Å². The number of amides is 2. The van der Waals surface area contributed by atoms with Crippen LogP contribution in [0.1, 0.15) is 11.1 Å². The van der Waals surface area contributed by atoms with Crippen molar-refractivity contribution >= 4 is 17.5 Å². The molecule has 3 rings (SSSR count). The topological polar surface area (TPSA) is 71.8 Å². The maximum absolute atomic E-state index is 12.0. The molecular weight excluding hydrogens is 302 g/mol. The number of rotatable bonds is 5. The number of carbonyl (C=O) groups excluding carboxylic acids is 1. The first-order valence-electron chi connectivity index (χ1n) is 7.76. The van der Waals surface area contributed by atoms with E-state index in [9.17, 15) is 4.79 Å². The SMILES string of the molecule is Cc1ccc(NC(=O)Nc2ccn(CCc3ccncc3)n2)cc1. The molecule has 122 valence electrons. The normalized spacial score (nSPS) is 10.4. The molecule has 2 heterocycles. The first-order chi connectivity index (χ1) is 11.7. The van der Waals surface area contributed by atoms with Crippen LogP contribution >= 0.6 is 0 Å². The average molecular weight is 321 g/mol. The number of nitrogens with one attached hydrogen (secondary N) is 2. The number of aromatic nitrogens is 3. The van der Waals surface area contributed by atoms with Crippen molar-refractivity contribution in [2.24, 2.45) is 0 Å². The molecule has 0 fully saturated rings. The van der Waals surface area contributed by atoms with Crippen LogP contribution in [0.4, 0.5) is 16.3 Å². The molecular formula is C18H19N5O. The third kappa shape index (κ3) is 4.42. The summed E-state index contributed by atoms with van der Waals surface area (Å²) in [7, 11) is 0. The number of urea groups is 1. The molecule has 6 nitrogen and oxygen atoms in total. The monoisotopic (exact) mass is 321 g/mol. The van der Waals surface area contributed by atoms with E-state index in [4.69, 9.17) is 0 Å². The quantitative estimate of drug-likeness (QED) is 0.756. The number of aryl methyl sites for hydroxylation is 3. The number of anilines is 2. The standard InChI is InChI=1S/C18H19N5O/c1-14-2-4-16(5-3-14)20-18(24)21-17-9-13-23(22-17)12-8-15-6-10-19-11-7-15/h2-7,9-11,13H,8,12H2,1H3,(H2,20,21,22,24). The van der Waals surface area contributed by atoms with Crippen LogP contribution in [-0.2, 0) is 13.0 Å². The molecule has 2 aromatic heterocycles. The highest BCUT2D eigenvalue weighted by Crippen LogP contribution is 2.10. The Kier molecular flexibility index (Phi) is 4.86. The molecule has 0 bridgehead atoms. The van der Waals surface area contributed by atoms with E-state index >= 15 is 0 Å². The van der Waals surface area contributed by atoms with Crippen molar-refractivity contribution in [1.29, 1.82) is 0 Å². The van der Waals surface area contributed by atoms with Crippen molar-refractivity contribution in [2.75, 3.05) is 10.6 Å². The van der Waals surface area contributed by atoms with Gasteiger partial charge in [-0.1, -0.05) is 17.7 Å². The Morgan fingerprint density at radius 2 is 1.79 bits per heavy atom. The maximum atomic E-state index is 12.0. The molecule has 2 amide bonds. The van der Waals surface area contributed by atoms with E-state index in [0.717, 1.165) is 24.2 Å². The van der Waals surface area contributed by atoms with Crippen molar-refractivity contribution < 1.29 is 4.79 Å². The molecule has 0 aliphatic rings. The molecule has 0 saturated carbocycles. The minimum Gasteiger partial charge on any atom is -0.308 e. The van der Waals surface area contributed by atoms with Crippen LogP contribution in [0.3, 0.4) is 0 Å². The fraction of sp³-hybridized carbons (Fsp3) is 0.167. The first kappa shape index (κ1) is 15.7. The number of benzene rings is 1. The summed E-state index contributed by atoms with van der Waals surface area (Å²) < 4.78 is 1.81. The molecule has 6 heteroatoms. The zero-order valence-electron chi connectivity index (χ0n) is 13.4. The predicted molar refractivity (Wildman–Crippen MR) is 94.0 cm³/mol. The van der Waals surface area contributed by atoms with Gasteiger partial charge < -0.3 is 5.32 Å². The summed E-state index contributed by atoms with van der Waals surface area (Å²) in [5.74, 6) is 0.523. The van der Waals surface area contributed by atoms with E-state index in [1.807, 2.05) is 54.2 Å². The lowest BCUT2D eigenvalue weighted by atomic mass is 10.2. The van der Waals surface area contributed by atoms with Crippen molar-refractivity contribution in [2.45, 2.75) is 19.9 Å². The second-order valence-corrected chi connectivity index (χ2v) is 5.51. The van der Waals surface area contributed by atoms with E-state index in [-0.39, 0.29) is 6.03 Å². The number of hydrogen-bond donors (Lipinski definition) is 2. The number of hydrogen-bond acceptors (Lipinski definition) is 3. The Balaban J connectivity index is 1.51. The van der Waals surface area contributed by atoms with Gasteiger partial charge in [-0.2, -0.15) is 5.10 Å². The van der Waals surface area contributed by atoms with Gasteiger partial charge in [-0.25, -0.2) is 4.79 Å². The lowest BCUT2D eigenvalue weighted by Gasteiger charge is -2.06. The number of pyridine rings is 1. The molecule has 0 radical (unpaired) electrons. The molecule has 0 saturated heterocycles. The Morgan fingerprint density at radius 3 is 2.54 bits per heavy atom. The number of carbonyl (C=O) groups is 1. The summed E-state index contributed by atoms with van der Waals surface area (Å²) in [6.07, 6.45) is 6.27. The zero-order chi connectivity index (χ0) is 16.8. The molecule has 2 N–H and O–H groups in total. The van der Waals surface area contributed by atoms with E-state index in [1.54, 1.807) is 18.5 Å². The van der Waals surface area contributed by atoms with Gasteiger partial charge in [0, 0.05) is 36.9 Å². The average Bonchev–Trinajstić information content (AvgIpc) is 3.03. The Hall–Kier alpha value is -3.15. The summed E-state index contributed by atoms with van der Waals surface area (Å²) in [4.78, 5) is 16.0. The Bertz CT molecular complexity index is 796. The van der Waals surface area contributed by atoms with Crippen molar-refractivity contribution in [3.8, 4) is 0 Å². The summed E-state index contributed by atoms with van der Waals surface area (Å²) in [5.41, 5.74) is 3.09. The summed E-state index contributed by atoms with van der Waals surface area (Å²) in [6.45, 7) is 2.74. The van der Waals surface area contributed by atoms with Gasteiger partial charge in [0.25, 0.3) is 0 Å².